The molecule has 0 atom stereocenters. The van der Waals surface area contributed by atoms with E-state index in [1.165, 1.54) is 5.56 Å². The van der Waals surface area contributed by atoms with Gasteiger partial charge in [-0.15, -0.1) is 0 Å². The third kappa shape index (κ3) is 3.05. The molecule has 0 fully saturated rings. The Hall–Kier alpha value is -1.17. The summed E-state index contributed by atoms with van der Waals surface area (Å²) in [6.07, 6.45) is 1.03. The molecule has 3 nitrogen and oxygen atoms in total. The third-order valence-corrected chi connectivity index (χ3v) is 4.17. The van der Waals surface area contributed by atoms with Gasteiger partial charge in [-0.05, 0) is 40.5 Å². The second-order valence-electron chi connectivity index (χ2n) is 4.84. The zero-order valence-electron chi connectivity index (χ0n) is 11.4. The van der Waals surface area contributed by atoms with E-state index in [-0.39, 0.29) is 0 Å². The molecule has 1 heterocycles. The first-order chi connectivity index (χ1) is 9.02. The van der Waals surface area contributed by atoms with E-state index in [1.807, 2.05) is 0 Å². The number of hydrogen-bond acceptors (Lipinski definition) is 3. The average molecular weight is 367 g/mol. The summed E-state index contributed by atoms with van der Waals surface area (Å²) in [5.74, 6) is 1.61. The number of aromatic nitrogens is 2. The van der Waals surface area contributed by atoms with Crippen molar-refractivity contribution in [3.8, 4) is 11.4 Å². The molecule has 0 aliphatic carbocycles. The van der Waals surface area contributed by atoms with Crippen LogP contribution in [0.2, 0.25) is 0 Å². The topological polar surface area (TPSA) is 51.8 Å². The van der Waals surface area contributed by atoms with Gasteiger partial charge in [-0.2, -0.15) is 0 Å². The van der Waals surface area contributed by atoms with Crippen LogP contribution in [0.3, 0.4) is 0 Å². The summed E-state index contributed by atoms with van der Waals surface area (Å²) >= 11 is 2.22. The maximum Gasteiger partial charge on any atom is 0.161 e. The monoisotopic (exact) mass is 367 g/mol. The standard InChI is InChI=1S/C15H18IN3/c1-4-10-5-7-11(8-6-10)15-18-13(9(2)3)12(16)14(17)19-15/h5-9H,4H2,1-3H3,(H2,17,18,19). The molecule has 1 aromatic carbocycles. The molecular weight excluding hydrogens is 349 g/mol. The van der Waals surface area contributed by atoms with Crippen molar-refractivity contribution in [2.45, 2.75) is 33.1 Å². The summed E-state index contributed by atoms with van der Waals surface area (Å²) in [4.78, 5) is 9.06. The van der Waals surface area contributed by atoms with Crippen LogP contribution < -0.4 is 5.73 Å². The zero-order valence-corrected chi connectivity index (χ0v) is 13.6. The van der Waals surface area contributed by atoms with Crippen LogP contribution in [-0.2, 0) is 6.42 Å². The smallest absolute Gasteiger partial charge is 0.161 e. The SMILES string of the molecule is CCc1ccc(-c2nc(N)c(I)c(C(C)C)n2)cc1. The fourth-order valence-electron chi connectivity index (χ4n) is 1.88. The molecule has 0 saturated carbocycles. The van der Waals surface area contributed by atoms with Crippen molar-refractivity contribution in [1.29, 1.82) is 0 Å². The van der Waals surface area contributed by atoms with Crippen LogP contribution in [-0.4, -0.2) is 9.97 Å². The van der Waals surface area contributed by atoms with Gasteiger partial charge in [-0.3, -0.25) is 0 Å². The Kier molecular flexibility index (Phi) is 4.39. The van der Waals surface area contributed by atoms with Crippen molar-refractivity contribution in [3.05, 3.63) is 39.1 Å². The summed E-state index contributed by atoms with van der Waals surface area (Å²) in [5, 5.41) is 0. The lowest BCUT2D eigenvalue weighted by molar-refractivity contribution is 0.810. The molecular formula is C15H18IN3. The van der Waals surface area contributed by atoms with E-state index in [0.717, 1.165) is 21.2 Å². The fraction of sp³-hybridized carbons (Fsp3) is 0.333. The number of anilines is 1. The number of halogens is 1. The van der Waals surface area contributed by atoms with Crippen LogP contribution in [0, 0.1) is 3.57 Å². The molecule has 2 rings (SSSR count). The van der Waals surface area contributed by atoms with E-state index in [4.69, 9.17) is 5.73 Å². The summed E-state index contributed by atoms with van der Waals surface area (Å²) < 4.78 is 0.960. The van der Waals surface area contributed by atoms with Gasteiger partial charge in [0.15, 0.2) is 5.82 Å². The van der Waals surface area contributed by atoms with Gasteiger partial charge in [0.05, 0.1) is 9.26 Å². The first-order valence-corrected chi connectivity index (χ1v) is 7.53. The van der Waals surface area contributed by atoms with Crippen molar-refractivity contribution in [3.63, 3.8) is 0 Å². The van der Waals surface area contributed by atoms with E-state index in [1.54, 1.807) is 0 Å². The number of nitrogens with zero attached hydrogens (tertiary/aromatic N) is 2. The van der Waals surface area contributed by atoms with Gasteiger partial charge in [0.1, 0.15) is 5.82 Å². The minimum Gasteiger partial charge on any atom is -0.383 e. The van der Waals surface area contributed by atoms with Crippen LogP contribution in [0.15, 0.2) is 24.3 Å². The van der Waals surface area contributed by atoms with Crippen LogP contribution in [0.1, 0.15) is 37.9 Å². The Morgan fingerprint density at radius 2 is 1.79 bits per heavy atom. The van der Waals surface area contributed by atoms with Gasteiger partial charge < -0.3 is 5.73 Å². The number of hydrogen-bond donors (Lipinski definition) is 1. The zero-order chi connectivity index (χ0) is 14.0. The first kappa shape index (κ1) is 14.2. The maximum atomic E-state index is 5.99. The van der Waals surface area contributed by atoms with Crippen molar-refractivity contribution in [2.24, 2.45) is 0 Å². The van der Waals surface area contributed by atoms with Gasteiger partial charge in [0, 0.05) is 5.56 Å². The Labute approximate surface area is 127 Å². The lowest BCUT2D eigenvalue weighted by atomic mass is 10.1. The molecule has 2 N–H and O–H groups in total. The maximum absolute atomic E-state index is 5.99. The molecule has 0 amide bonds. The van der Waals surface area contributed by atoms with Crippen molar-refractivity contribution in [2.75, 3.05) is 5.73 Å². The van der Waals surface area contributed by atoms with Gasteiger partial charge in [0.2, 0.25) is 0 Å². The minimum atomic E-state index is 0.339. The Morgan fingerprint density at radius 3 is 2.32 bits per heavy atom. The summed E-state index contributed by atoms with van der Waals surface area (Å²) in [6.45, 7) is 6.38. The number of benzene rings is 1. The second kappa shape index (κ2) is 5.86. The van der Waals surface area contributed by atoms with Gasteiger partial charge in [0.25, 0.3) is 0 Å². The molecule has 100 valence electrons. The largest absolute Gasteiger partial charge is 0.383 e. The lowest BCUT2D eigenvalue weighted by Gasteiger charge is -2.11. The van der Waals surface area contributed by atoms with E-state index in [2.05, 4.69) is 77.6 Å². The lowest BCUT2D eigenvalue weighted by Crippen LogP contribution is -2.06. The van der Waals surface area contributed by atoms with Crippen molar-refractivity contribution >= 4 is 28.4 Å². The number of aryl methyl sites for hydroxylation is 1. The second-order valence-corrected chi connectivity index (χ2v) is 5.92. The molecule has 2 aromatic rings. The predicted octanol–water partition coefficient (Wildman–Crippen LogP) is 4.02. The normalized spacial score (nSPS) is 11.0. The molecule has 19 heavy (non-hydrogen) atoms. The number of rotatable bonds is 3. The van der Waals surface area contributed by atoms with Crippen molar-refractivity contribution < 1.29 is 0 Å². The molecule has 0 spiro atoms. The van der Waals surface area contributed by atoms with E-state index < -0.39 is 0 Å². The van der Waals surface area contributed by atoms with Crippen molar-refractivity contribution in [1.82, 2.24) is 9.97 Å². The van der Waals surface area contributed by atoms with Gasteiger partial charge in [-0.25, -0.2) is 9.97 Å². The molecule has 0 aliphatic rings. The predicted molar refractivity (Wildman–Crippen MR) is 88.1 cm³/mol. The molecule has 1 aromatic heterocycles. The molecule has 0 radical (unpaired) electrons. The van der Waals surface area contributed by atoms with Gasteiger partial charge in [-0.1, -0.05) is 45.0 Å². The fourth-order valence-corrected chi connectivity index (χ4v) is 2.75. The molecule has 4 heteroatoms. The summed E-state index contributed by atoms with van der Waals surface area (Å²) in [7, 11) is 0. The molecule has 0 bridgehead atoms. The highest BCUT2D eigenvalue weighted by Gasteiger charge is 2.13. The highest BCUT2D eigenvalue weighted by Crippen LogP contribution is 2.26. The Morgan fingerprint density at radius 1 is 1.16 bits per heavy atom. The number of nitrogens with two attached hydrogens (primary N) is 1. The van der Waals surface area contributed by atoms with E-state index in [0.29, 0.717) is 17.6 Å². The quantitative estimate of drug-likeness (QED) is 0.834. The van der Waals surface area contributed by atoms with Crippen LogP contribution in [0.25, 0.3) is 11.4 Å². The van der Waals surface area contributed by atoms with Gasteiger partial charge >= 0.3 is 0 Å². The highest BCUT2D eigenvalue weighted by atomic mass is 127. The van der Waals surface area contributed by atoms with Crippen LogP contribution in [0.5, 0.6) is 0 Å². The highest BCUT2D eigenvalue weighted by molar-refractivity contribution is 14.1. The summed E-state index contributed by atoms with van der Waals surface area (Å²) in [6, 6.07) is 8.35. The van der Waals surface area contributed by atoms with E-state index in [9.17, 15) is 0 Å². The Balaban J connectivity index is 2.49. The Bertz CT molecular complexity index is 577. The van der Waals surface area contributed by atoms with Crippen LogP contribution >= 0.6 is 22.6 Å². The van der Waals surface area contributed by atoms with Crippen LogP contribution in [0.4, 0.5) is 5.82 Å². The number of nitrogen functional groups attached to an aromatic ring is 1. The molecule has 0 aliphatic heterocycles. The first-order valence-electron chi connectivity index (χ1n) is 6.45. The molecule has 0 unspecified atom stereocenters. The molecule has 0 saturated heterocycles. The minimum absolute atomic E-state index is 0.339. The average Bonchev–Trinajstić information content (AvgIpc) is 2.41. The summed E-state index contributed by atoms with van der Waals surface area (Å²) in [5.41, 5.74) is 9.34. The van der Waals surface area contributed by atoms with E-state index >= 15 is 0 Å². The third-order valence-electron chi connectivity index (χ3n) is 3.07.